The van der Waals surface area contributed by atoms with Crippen LogP contribution < -0.4 is 13.3 Å². The molecule has 0 N–H and O–H groups in total. The van der Waals surface area contributed by atoms with E-state index >= 15 is 0 Å². The SMILES string of the molecule is Cc1cc[c]([Tl+2])cc1.O=C([O-])C(F)(F)F.O=C([O-])C(F)(F)F. The summed E-state index contributed by atoms with van der Waals surface area (Å²) < 4.78 is 64.6. The minimum Gasteiger partial charge on any atom is -0.542 e. The molecule has 0 saturated heterocycles. The quantitative estimate of drug-likeness (QED) is 0.337. The molecule has 0 aromatic heterocycles. The third-order valence-corrected chi connectivity index (χ3v) is 3.04. The van der Waals surface area contributed by atoms with Crippen molar-refractivity contribution >= 4 is 40.8 Å². The van der Waals surface area contributed by atoms with Gasteiger partial charge in [0.2, 0.25) is 0 Å². The van der Waals surface area contributed by atoms with Crippen LogP contribution in [-0.4, -0.2) is 50.1 Å². The predicted molar refractivity (Wildman–Crippen MR) is 58.7 cm³/mol. The van der Waals surface area contributed by atoms with Crippen molar-refractivity contribution in [1.29, 1.82) is 0 Å². The Morgan fingerprint density at radius 3 is 1.23 bits per heavy atom. The number of hydrogen-bond donors (Lipinski definition) is 0. The Morgan fingerprint density at radius 1 is 0.864 bits per heavy atom. The summed E-state index contributed by atoms with van der Waals surface area (Å²) in [5.41, 5.74) is 1.36. The van der Waals surface area contributed by atoms with Gasteiger partial charge < -0.3 is 19.8 Å². The molecule has 0 aliphatic carbocycles. The molecule has 0 radical (unpaired) electrons. The number of rotatable bonds is 0. The first-order valence-corrected chi connectivity index (χ1v) is 7.30. The molecule has 0 aliphatic rings. The minimum atomic E-state index is -5.19. The first-order valence-electron chi connectivity index (χ1n) is 5.06. The van der Waals surface area contributed by atoms with Crippen molar-refractivity contribution < 1.29 is 46.1 Å². The number of carbonyl (C=O) groups excluding carboxylic acids is 2. The van der Waals surface area contributed by atoms with Crippen molar-refractivity contribution in [3.63, 3.8) is 0 Å². The van der Waals surface area contributed by atoms with Gasteiger partial charge in [-0.05, 0) is 0 Å². The standard InChI is InChI=1S/C7H7.2C2HF3O2.Tl/c1-7-5-3-2-4-6-7;2*3-2(4,5)1(6)7;/h3-6H,1H3;2*(H,6,7);/q;;;+2/p-2. The second-order valence-corrected chi connectivity index (χ2v) is 6.07. The van der Waals surface area contributed by atoms with Gasteiger partial charge in [-0.3, -0.25) is 0 Å². The second-order valence-electron chi connectivity index (χ2n) is 3.48. The zero-order chi connectivity index (χ0) is 18.1. The Labute approximate surface area is 136 Å². The number of carbonyl (C=O) groups is 2. The molecule has 22 heavy (non-hydrogen) atoms. The molecule has 0 bridgehead atoms. The molecule has 0 unspecified atom stereocenters. The summed E-state index contributed by atoms with van der Waals surface area (Å²) in [5.74, 6) is -6.01. The number of halogens is 6. The van der Waals surface area contributed by atoms with Crippen LogP contribution in [0.25, 0.3) is 0 Å². The fourth-order valence-corrected chi connectivity index (χ4v) is 1.31. The summed E-state index contributed by atoms with van der Waals surface area (Å²) in [6.45, 7) is 2.12. The van der Waals surface area contributed by atoms with Crippen molar-refractivity contribution in [3.05, 3.63) is 29.8 Å². The average Bonchev–Trinajstić information content (AvgIpc) is 2.32. The molecule has 0 spiro atoms. The van der Waals surface area contributed by atoms with Gasteiger partial charge in [0.25, 0.3) is 0 Å². The van der Waals surface area contributed by atoms with Crippen LogP contribution in [0.15, 0.2) is 24.3 Å². The molecule has 0 aliphatic heterocycles. The van der Waals surface area contributed by atoms with Crippen LogP contribution in [0.1, 0.15) is 5.56 Å². The fourth-order valence-electron chi connectivity index (χ4n) is 0.566. The van der Waals surface area contributed by atoms with Gasteiger partial charge in [-0.15, -0.1) is 0 Å². The third kappa shape index (κ3) is 13.6. The van der Waals surface area contributed by atoms with Crippen LogP contribution >= 0.6 is 0 Å². The van der Waals surface area contributed by atoms with E-state index in [9.17, 15) is 26.3 Å². The van der Waals surface area contributed by atoms with Gasteiger partial charge in [0, 0.05) is 0 Å². The molecule has 11 heteroatoms. The molecule has 1 aromatic rings. The second kappa shape index (κ2) is 9.63. The zero-order valence-electron chi connectivity index (χ0n) is 10.8. The number of carboxylic acids is 2. The molecular formula is C11H7F6O4Tl. The van der Waals surface area contributed by atoms with E-state index in [0.29, 0.717) is 0 Å². The molecule has 4 nitrogen and oxygen atoms in total. The van der Waals surface area contributed by atoms with E-state index in [1.165, 1.54) is 8.69 Å². The predicted octanol–water partition coefficient (Wildman–Crippen LogP) is -0.614. The molecule has 0 fully saturated rings. The average molecular weight is 522 g/mol. The molecule has 0 atom stereocenters. The van der Waals surface area contributed by atoms with Gasteiger partial charge in [0.05, 0.1) is 0 Å². The number of alkyl halides is 6. The van der Waals surface area contributed by atoms with Gasteiger partial charge >= 0.3 is 78.0 Å². The van der Waals surface area contributed by atoms with Gasteiger partial charge in [-0.1, -0.05) is 0 Å². The van der Waals surface area contributed by atoms with Gasteiger partial charge in [0.1, 0.15) is 11.9 Å². The number of aliphatic carboxylic acids is 2. The van der Waals surface area contributed by atoms with E-state index in [0.717, 1.165) is 25.8 Å². The van der Waals surface area contributed by atoms with Crippen molar-refractivity contribution in [2.45, 2.75) is 19.3 Å². The van der Waals surface area contributed by atoms with Crippen LogP contribution in [0.4, 0.5) is 26.3 Å². The van der Waals surface area contributed by atoms with Crippen molar-refractivity contribution in [3.8, 4) is 0 Å². The van der Waals surface area contributed by atoms with Crippen molar-refractivity contribution in [2.24, 2.45) is 0 Å². The first kappa shape index (κ1) is 22.9. The molecule has 1 aromatic carbocycles. The molecule has 0 saturated carbocycles. The van der Waals surface area contributed by atoms with E-state index in [4.69, 9.17) is 19.8 Å². The largest absolute Gasteiger partial charge is 0.542 e. The fraction of sp³-hybridized carbons (Fsp3) is 0.273. The molecule has 1 rings (SSSR count). The van der Waals surface area contributed by atoms with Crippen molar-refractivity contribution in [1.82, 2.24) is 0 Å². The Kier molecular flexibility index (Phi) is 10.0. The molecule has 0 heterocycles. The number of hydrogen-bond acceptors (Lipinski definition) is 4. The van der Waals surface area contributed by atoms with Gasteiger partial charge in [0.15, 0.2) is 0 Å². The van der Waals surface area contributed by atoms with E-state index < -0.39 is 24.3 Å². The van der Waals surface area contributed by atoms with E-state index in [1.54, 1.807) is 0 Å². The summed E-state index contributed by atoms with van der Waals surface area (Å²) in [7, 11) is 0. The summed E-state index contributed by atoms with van der Waals surface area (Å²) in [6.07, 6.45) is -10.4. The Balaban J connectivity index is 0. The normalized spacial score (nSPS) is 10.6. The molecular weight excluding hydrogens is 514 g/mol. The topological polar surface area (TPSA) is 80.3 Å². The van der Waals surface area contributed by atoms with E-state index in [-0.39, 0.29) is 0 Å². The zero-order valence-corrected chi connectivity index (χ0v) is 15.3. The van der Waals surface area contributed by atoms with Crippen LogP contribution in [0.3, 0.4) is 0 Å². The van der Waals surface area contributed by atoms with Crippen LogP contribution in [-0.2, 0) is 9.59 Å². The Hall–Kier alpha value is -1.34. The number of aryl methyl sites for hydroxylation is 1. The summed E-state index contributed by atoms with van der Waals surface area (Å²) in [5, 5.41) is 17.6. The first-order chi connectivity index (χ1) is 9.67. The van der Waals surface area contributed by atoms with Crippen molar-refractivity contribution in [2.75, 3.05) is 0 Å². The Morgan fingerprint density at radius 2 is 1.09 bits per heavy atom. The summed E-state index contributed by atoms with van der Waals surface area (Å²) in [6, 6.07) is 8.71. The molecule has 0 amide bonds. The van der Waals surface area contributed by atoms with Crippen LogP contribution in [0.5, 0.6) is 0 Å². The summed E-state index contributed by atoms with van der Waals surface area (Å²) >= 11 is 0.987. The smallest absolute Gasteiger partial charge is 0.430 e. The third-order valence-electron chi connectivity index (χ3n) is 1.54. The van der Waals surface area contributed by atoms with Gasteiger partial charge in [-0.2, -0.15) is 26.3 Å². The maximum atomic E-state index is 10.5. The van der Waals surface area contributed by atoms with E-state index in [1.807, 2.05) is 0 Å². The molecule has 120 valence electrons. The van der Waals surface area contributed by atoms with E-state index in [2.05, 4.69) is 31.2 Å². The monoisotopic (exact) mass is 522 g/mol. The van der Waals surface area contributed by atoms with Crippen LogP contribution in [0.2, 0.25) is 0 Å². The van der Waals surface area contributed by atoms with Gasteiger partial charge in [-0.25, -0.2) is 0 Å². The Bertz CT molecular complexity index is 436. The van der Waals surface area contributed by atoms with Crippen LogP contribution in [0, 0.1) is 6.92 Å². The number of benzene rings is 1. The maximum Gasteiger partial charge on any atom is 0.430 e. The number of carboxylic acid groups (broad SMARTS) is 2. The minimum absolute atomic E-state index is 0.987. The maximum absolute atomic E-state index is 10.5. The summed E-state index contributed by atoms with van der Waals surface area (Å²) in [4.78, 5) is 17.6.